The van der Waals surface area contributed by atoms with Gasteiger partial charge >= 0.3 is 0 Å². The molecule has 1 rings (SSSR count). The summed E-state index contributed by atoms with van der Waals surface area (Å²) in [6.07, 6.45) is 3.51. The Kier molecular flexibility index (Phi) is 3.15. The second-order valence-electron chi connectivity index (χ2n) is 4.67. The first-order chi connectivity index (χ1) is 6.48. The lowest BCUT2D eigenvalue weighted by Crippen LogP contribution is -2.46. The Hall–Kier alpha value is -1.04. The van der Waals surface area contributed by atoms with Gasteiger partial charge in [-0.25, -0.2) is 0 Å². The predicted molar refractivity (Wildman–Crippen MR) is 54.3 cm³/mol. The maximum absolute atomic E-state index is 11.8. The van der Waals surface area contributed by atoms with Gasteiger partial charge in [-0.2, -0.15) is 5.26 Å². The second-order valence-corrected chi connectivity index (χ2v) is 4.67. The molecule has 0 aromatic heterocycles. The number of nitriles is 1. The Morgan fingerprint density at radius 2 is 2.14 bits per heavy atom. The van der Waals surface area contributed by atoms with Crippen molar-refractivity contribution >= 4 is 5.91 Å². The number of nitrogens with one attached hydrogen (secondary N) is 1. The Balaban J connectivity index is 2.54. The molecule has 0 saturated heterocycles. The molecule has 1 unspecified atom stereocenters. The van der Waals surface area contributed by atoms with Crippen molar-refractivity contribution in [3.63, 3.8) is 0 Å². The van der Waals surface area contributed by atoms with Gasteiger partial charge < -0.3 is 5.32 Å². The first kappa shape index (κ1) is 11.0. The summed E-state index contributed by atoms with van der Waals surface area (Å²) < 4.78 is 0. The van der Waals surface area contributed by atoms with Gasteiger partial charge in [0.15, 0.2) is 0 Å². The van der Waals surface area contributed by atoms with Crippen LogP contribution in [-0.4, -0.2) is 11.9 Å². The van der Waals surface area contributed by atoms with E-state index in [4.69, 9.17) is 5.26 Å². The van der Waals surface area contributed by atoms with Gasteiger partial charge in [-0.3, -0.25) is 4.79 Å². The zero-order valence-corrected chi connectivity index (χ0v) is 9.13. The summed E-state index contributed by atoms with van der Waals surface area (Å²) >= 11 is 0. The lowest BCUT2D eigenvalue weighted by atomic mass is 9.67. The maximum atomic E-state index is 11.8. The Labute approximate surface area is 85.5 Å². The zero-order chi connectivity index (χ0) is 10.8. The summed E-state index contributed by atoms with van der Waals surface area (Å²) in [5.41, 5.74) is -0.316. The third kappa shape index (κ3) is 2.06. The fourth-order valence-corrected chi connectivity index (χ4v) is 1.73. The SMILES string of the molecule is CC(C#N)NC(=O)C(C)(C)C1CCC1. The molecule has 1 atom stereocenters. The van der Waals surface area contributed by atoms with Crippen molar-refractivity contribution in [1.82, 2.24) is 5.32 Å². The van der Waals surface area contributed by atoms with Crippen LogP contribution in [0.1, 0.15) is 40.0 Å². The predicted octanol–water partition coefficient (Wildman–Crippen LogP) is 1.84. The standard InChI is InChI=1S/C11H18N2O/c1-8(7-12)13-10(14)11(2,3)9-5-4-6-9/h8-9H,4-6H2,1-3H3,(H,13,14). The van der Waals surface area contributed by atoms with E-state index in [1.165, 1.54) is 6.42 Å². The van der Waals surface area contributed by atoms with E-state index in [-0.39, 0.29) is 17.4 Å². The summed E-state index contributed by atoms with van der Waals surface area (Å²) in [4.78, 5) is 11.8. The highest BCUT2D eigenvalue weighted by atomic mass is 16.2. The van der Waals surface area contributed by atoms with Crippen LogP contribution in [0.15, 0.2) is 0 Å². The van der Waals surface area contributed by atoms with Gasteiger partial charge in [0.25, 0.3) is 0 Å². The molecule has 0 spiro atoms. The summed E-state index contributed by atoms with van der Waals surface area (Å²) in [6, 6.07) is 1.62. The molecule has 3 nitrogen and oxygen atoms in total. The molecule has 14 heavy (non-hydrogen) atoms. The second kappa shape index (κ2) is 4.00. The number of rotatable bonds is 3. The van der Waals surface area contributed by atoms with Gasteiger partial charge in [-0.1, -0.05) is 20.3 Å². The molecular weight excluding hydrogens is 176 g/mol. The van der Waals surface area contributed by atoms with E-state index in [0.29, 0.717) is 5.92 Å². The Morgan fingerprint density at radius 1 is 1.57 bits per heavy atom. The topological polar surface area (TPSA) is 52.9 Å². The minimum Gasteiger partial charge on any atom is -0.340 e. The van der Waals surface area contributed by atoms with Crippen molar-refractivity contribution in [3.05, 3.63) is 0 Å². The summed E-state index contributed by atoms with van der Waals surface area (Å²) in [6.45, 7) is 5.64. The van der Waals surface area contributed by atoms with Gasteiger partial charge in [-0.15, -0.1) is 0 Å². The highest BCUT2D eigenvalue weighted by molar-refractivity contribution is 5.82. The van der Waals surface area contributed by atoms with E-state index < -0.39 is 0 Å². The van der Waals surface area contributed by atoms with Crippen LogP contribution >= 0.6 is 0 Å². The normalized spacial score (nSPS) is 19.3. The molecule has 0 bridgehead atoms. The molecule has 1 N–H and O–H groups in total. The largest absolute Gasteiger partial charge is 0.340 e. The van der Waals surface area contributed by atoms with Crippen LogP contribution in [0.3, 0.4) is 0 Å². The van der Waals surface area contributed by atoms with Crippen molar-refractivity contribution < 1.29 is 4.79 Å². The fourth-order valence-electron chi connectivity index (χ4n) is 1.73. The molecule has 1 aliphatic rings. The molecule has 78 valence electrons. The highest BCUT2D eigenvalue weighted by Crippen LogP contribution is 2.41. The molecule has 0 aromatic rings. The van der Waals surface area contributed by atoms with E-state index in [0.717, 1.165) is 12.8 Å². The third-order valence-corrected chi connectivity index (χ3v) is 3.25. The first-order valence-electron chi connectivity index (χ1n) is 5.19. The van der Waals surface area contributed by atoms with Crippen LogP contribution in [0, 0.1) is 22.7 Å². The van der Waals surface area contributed by atoms with Crippen molar-refractivity contribution in [1.29, 1.82) is 5.26 Å². The van der Waals surface area contributed by atoms with Crippen LogP contribution in [0.2, 0.25) is 0 Å². The summed E-state index contributed by atoms with van der Waals surface area (Å²) in [5.74, 6) is 0.504. The van der Waals surface area contributed by atoms with Crippen LogP contribution in [0.4, 0.5) is 0 Å². The monoisotopic (exact) mass is 194 g/mol. The molecule has 0 heterocycles. The van der Waals surface area contributed by atoms with Crippen molar-refractivity contribution in [3.8, 4) is 6.07 Å². The minimum atomic E-state index is -0.387. The van der Waals surface area contributed by atoms with E-state index in [9.17, 15) is 4.79 Å². The lowest BCUT2D eigenvalue weighted by molar-refractivity contribution is -0.134. The van der Waals surface area contributed by atoms with E-state index >= 15 is 0 Å². The molecule has 0 radical (unpaired) electrons. The highest BCUT2D eigenvalue weighted by Gasteiger charge is 2.40. The number of carbonyl (C=O) groups is 1. The van der Waals surface area contributed by atoms with Gasteiger partial charge in [0.2, 0.25) is 5.91 Å². The Bertz CT molecular complexity index is 261. The van der Waals surface area contributed by atoms with E-state index in [1.54, 1.807) is 6.92 Å². The van der Waals surface area contributed by atoms with Gasteiger partial charge in [0, 0.05) is 5.41 Å². The molecule has 0 aliphatic heterocycles. The Morgan fingerprint density at radius 3 is 2.50 bits per heavy atom. The van der Waals surface area contributed by atoms with Crippen LogP contribution < -0.4 is 5.32 Å². The average molecular weight is 194 g/mol. The molecule has 1 amide bonds. The number of carbonyl (C=O) groups excluding carboxylic acids is 1. The van der Waals surface area contributed by atoms with Crippen molar-refractivity contribution in [2.75, 3.05) is 0 Å². The quantitative estimate of drug-likeness (QED) is 0.745. The number of hydrogen-bond acceptors (Lipinski definition) is 2. The number of amides is 1. The van der Waals surface area contributed by atoms with Crippen molar-refractivity contribution in [2.45, 2.75) is 46.1 Å². The summed E-state index contributed by atoms with van der Waals surface area (Å²) in [7, 11) is 0. The molecule has 1 fully saturated rings. The first-order valence-corrected chi connectivity index (χ1v) is 5.19. The van der Waals surface area contributed by atoms with Gasteiger partial charge in [-0.05, 0) is 25.7 Å². The maximum Gasteiger partial charge on any atom is 0.226 e. The van der Waals surface area contributed by atoms with E-state index in [1.807, 2.05) is 19.9 Å². The van der Waals surface area contributed by atoms with E-state index in [2.05, 4.69) is 5.32 Å². The fraction of sp³-hybridized carbons (Fsp3) is 0.818. The van der Waals surface area contributed by atoms with Gasteiger partial charge in [0.1, 0.15) is 6.04 Å². The van der Waals surface area contributed by atoms with Crippen LogP contribution in [-0.2, 0) is 4.79 Å². The zero-order valence-electron chi connectivity index (χ0n) is 9.13. The minimum absolute atomic E-state index is 0.0104. The summed E-state index contributed by atoms with van der Waals surface area (Å²) in [5, 5.41) is 11.3. The van der Waals surface area contributed by atoms with Crippen LogP contribution in [0.5, 0.6) is 0 Å². The molecule has 1 saturated carbocycles. The molecule has 1 aliphatic carbocycles. The lowest BCUT2D eigenvalue weighted by Gasteiger charge is -2.39. The number of nitrogens with zero attached hydrogens (tertiary/aromatic N) is 1. The van der Waals surface area contributed by atoms with Gasteiger partial charge in [0.05, 0.1) is 6.07 Å². The molecular formula is C11H18N2O. The number of hydrogen-bond donors (Lipinski definition) is 1. The van der Waals surface area contributed by atoms with Crippen molar-refractivity contribution in [2.24, 2.45) is 11.3 Å². The average Bonchev–Trinajstić information content (AvgIpc) is 1.99. The smallest absolute Gasteiger partial charge is 0.226 e. The van der Waals surface area contributed by atoms with Crippen LogP contribution in [0.25, 0.3) is 0 Å². The molecule has 0 aromatic carbocycles. The third-order valence-electron chi connectivity index (χ3n) is 3.25. The molecule has 3 heteroatoms.